The molecule has 6 nitrogen and oxygen atoms in total. The molecule has 0 N–H and O–H groups in total. The van der Waals surface area contributed by atoms with E-state index in [-0.39, 0.29) is 5.88 Å². The number of carbonyl (C=O) groups is 2. The molecule has 1 aromatic heterocycles. The van der Waals surface area contributed by atoms with Crippen molar-refractivity contribution in [3.8, 4) is 11.6 Å². The minimum Gasteiger partial charge on any atom is -0.404 e. The van der Waals surface area contributed by atoms with Gasteiger partial charge < -0.3 is 4.74 Å². The monoisotopic (exact) mass is 412 g/mol. The van der Waals surface area contributed by atoms with Crippen LogP contribution in [0.2, 0.25) is 0 Å². The van der Waals surface area contributed by atoms with Crippen LogP contribution in [-0.2, 0) is 0 Å². The van der Waals surface area contributed by atoms with Crippen molar-refractivity contribution in [2.24, 2.45) is 0 Å². The Hall–Kier alpha value is -4.19. The fourth-order valence-electron chi connectivity index (χ4n) is 3.16. The van der Waals surface area contributed by atoms with E-state index in [0.717, 1.165) is 21.9 Å². The number of esters is 1. The molecule has 0 atom stereocenters. The van der Waals surface area contributed by atoms with Gasteiger partial charge in [-0.25, -0.2) is 9.48 Å². The summed E-state index contributed by atoms with van der Waals surface area (Å²) < 4.78 is 7.83. The van der Waals surface area contributed by atoms with Crippen molar-refractivity contribution >= 4 is 11.9 Å². The van der Waals surface area contributed by atoms with E-state index in [0.29, 0.717) is 16.8 Å². The lowest BCUT2D eigenvalue weighted by molar-refractivity contribution is 0.0716. The second kappa shape index (κ2) is 8.28. The summed E-state index contributed by atoms with van der Waals surface area (Å²) in [7, 11) is 0. The number of aromatic nitrogens is 2. The number of rotatable bonds is 4. The zero-order valence-corrected chi connectivity index (χ0v) is 17.1. The van der Waals surface area contributed by atoms with Crippen molar-refractivity contribution < 1.29 is 14.3 Å². The summed E-state index contributed by atoms with van der Waals surface area (Å²) in [5.41, 5.74) is 2.61. The van der Waals surface area contributed by atoms with E-state index in [1.54, 1.807) is 72.8 Å². The van der Waals surface area contributed by atoms with Gasteiger partial charge in [-0.05, 0) is 50.2 Å². The fourth-order valence-corrected chi connectivity index (χ4v) is 3.16. The topological polar surface area (TPSA) is 70.3 Å². The predicted octanol–water partition coefficient (Wildman–Crippen LogP) is 4.16. The zero-order valence-electron chi connectivity index (χ0n) is 17.1. The van der Waals surface area contributed by atoms with Crippen molar-refractivity contribution in [3.63, 3.8) is 0 Å². The van der Waals surface area contributed by atoms with Gasteiger partial charge >= 0.3 is 5.97 Å². The predicted molar refractivity (Wildman–Crippen MR) is 117 cm³/mol. The van der Waals surface area contributed by atoms with Crippen molar-refractivity contribution in [1.82, 2.24) is 9.36 Å². The van der Waals surface area contributed by atoms with Gasteiger partial charge in [0.25, 0.3) is 11.5 Å². The Labute approximate surface area is 178 Å². The van der Waals surface area contributed by atoms with E-state index in [1.807, 2.05) is 19.9 Å². The van der Waals surface area contributed by atoms with Crippen LogP contribution >= 0.6 is 0 Å². The molecule has 4 aromatic rings. The molecule has 0 aliphatic rings. The first-order valence-electron chi connectivity index (χ1n) is 9.75. The summed E-state index contributed by atoms with van der Waals surface area (Å²) >= 11 is 0. The van der Waals surface area contributed by atoms with Gasteiger partial charge in [-0.3, -0.25) is 9.59 Å². The molecular weight excluding hydrogens is 392 g/mol. The lowest BCUT2D eigenvalue weighted by Gasteiger charge is -2.14. The number of ether oxygens (including phenoxy) is 1. The Balaban J connectivity index is 1.81. The first-order valence-corrected chi connectivity index (χ1v) is 9.75. The molecule has 4 rings (SSSR count). The van der Waals surface area contributed by atoms with Crippen LogP contribution in [0, 0.1) is 13.8 Å². The van der Waals surface area contributed by atoms with E-state index in [9.17, 15) is 14.4 Å². The molecule has 1 heterocycles. The second-order valence-electron chi connectivity index (χ2n) is 7.21. The molecule has 0 aliphatic heterocycles. The van der Waals surface area contributed by atoms with Crippen LogP contribution in [0.3, 0.4) is 0 Å². The molecule has 0 saturated carbocycles. The molecule has 0 unspecified atom stereocenters. The van der Waals surface area contributed by atoms with Gasteiger partial charge in [-0.2, -0.15) is 4.68 Å². The third-order valence-electron chi connectivity index (χ3n) is 4.84. The van der Waals surface area contributed by atoms with E-state index in [4.69, 9.17) is 4.74 Å². The van der Waals surface area contributed by atoms with Gasteiger partial charge in [-0.1, -0.05) is 53.6 Å². The highest BCUT2D eigenvalue weighted by Gasteiger charge is 2.23. The maximum absolute atomic E-state index is 13.2. The Morgan fingerprint density at radius 2 is 1.29 bits per heavy atom. The number of benzene rings is 3. The highest BCUT2D eigenvalue weighted by Crippen LogP contribution is 2.20. The molecule has 0 spiro atoms. The summed E-state index contributed by atoms with van der Waals surface area (Å²) in [5, 5.41) is 0. The normalized spacial score (nSPS) is 10.6. The van der Waals surface area contributed by atoms with Crippen LogP contribution in [0.4, 0.5) is 0 Å². The molecule has 0 saturated heterocycles. The van der Waals surface area contributed by atoms with E-state index < -0.39 is 17.4 Å². The van der Waals surface area contributed by atoms with E-state index >= 15 is 0 Å². The summed E-state index contributed by atoms with van der Waals surface area (Å²) in [6, 6.07) is 23.8. The quantitative estimate of drug-likeness (QED) is 0.472. The van der Waals surface area contributed by atoms with Gasteiger partial charge in [0, 0.05) is 5.56 Å². The average Bonchev–Trinajstić information content (AvgIpc) is 3.10. The fraction of sp³-hybridized carbons (Fsp3) is 0.0800. The molecule has 31 heavy (non-hydrogen) atoms. The van der Waals surface area contributed by atoms with Crippen molar-refractivity contribution in [1.29, 1.82) is 0 Å². The number of aryl methyl sites for hydroxylation is 2. The highest BCUT2D eigenvalue weighted by atomic mass is 16.5. The molecule has 6 heteroatoms. The van der Waals surface area contributed by atoms with E-state index in [2.05, 4.69) is 0 Å². The Bertz CT molecular complexity index is 1300. The second-order valence-corrected chi connectivity index (χ2v) is 7.21. The Morgan fingerprint density at radius 1 is 0.742 bits per heavy atom. The van der Waals surface area contributed by atoms with Crippen LogP contribution in [0.25, 0.3) is 5.69 Å². The Kier molecular flexibility index (Phi) is 5.37. The number of carbonyl (C=O) groups excluding carboxylic acids is 2. The average molecular weight is 412 g/mol. The molecule has 0 aliphatic carbocycles. The molecular formula is C25H20N2O4. The van der Waals surface area contributed by atoms with Gasteiger partial charge in [-0.15, -0.1) is 0 Å². The standard InChI is InChI=1S/C25H20N2O4/c1-17-8-12-19(13-9-17)24(29)27-22(28)16-23(26(27)21-6-4-3-5-7-21)31-25(30)20-14-10-18(2)11-15-20/h3-16H,1-2H3. The molecule has 0 bridgehead atoms. The SMILES string of the molecule is Cc1ccc(C(=O)Oc2cc(=O)n(C(=O)c3ccc(C)cc3)n2-c2ccccc2)cc1. The van der Waals surface area contributed by atoms with Crippen molar-refractivity contribution in [2.75, 3.05) is 0 Å². The third kappa shape index (κ3) is 4.09. The smallest absolute Gasteiger partial charge is 0.344 e. The van der Waals surface area contributed by atoms with Gasteiger partial charge in [0.05, 0.1) is 17.3 Å². The first kappa shape index (κ1) is 20.1. The first-order chi connectivity index (χ1) is 14.9. The summed E-state index contributed by atoms with van der Waals surface area (Å²) in [6.07, 6.45) is 0. The molecule has 3 aromatic carbocycles. The van der Waals surface area contributed by atoms with Crippen LogP contribution in [0.5, 0.6) is 5.88 Å². The van der Waals surface area contributed by atoms with Gasteiger partial charge in [0.2, 0.25) is 5.88 Å². The van der Waals surface area contributed by atoms with Crippen LogP contribution in [0.15, 0.2) is 89.7 Å². The number of hydrogen-bond acceptors (Lipinski definition) is 4. The van der Waals surface area contributed by atoms with Crippen molar-refractivity contribution in [3.05, 3.63) is 118 Å². The minimum absolute atomic E-state index is 0.0396. The van der Waals surface area contributed by atoms with Gasteiger partial charge in [0.1, 0.15) is 0 Å². The van der Waals surface area contributed by atoms with Gasteiger partial charge in [0.15, 0.2) is 0 Å². The van der Waals surface area contributed by atoms with E-state index in [1.165, 1.54) is 4.68 Å². The lowest BCUT2D eigenvalue weighted by atomic mass is 10.1. The molecule has 0 fully saturated rings. The lowest BCUT2D eigenvalue weighted by Crippen LogP contribution is -2.29. The zero-order chi connectivity index (χ0) is 22.0. The molecule has 0 radical (unpaired) electrons. The highest BCUT2D eigenvalue weighted by molar-refractivity contribution is 5.96. The maximum Gasteiger partial charge on any atom is 0.344 e. The number of nitrogens with zero attached hydrogens (tertiary/aromatic N) is 2. The summed E-state index contributed by atoms with van der Waals surface area (Å²) in [6.45, 7) is 3.83. The molecule has 0 amide bonds. The van der Waals surface area contributed by atoms with Crippen LogP contribution < -0.4 is 10.3 Å². The largest absolute Gasteiger partial charge is 0.404 e. The van der Waals surface area contributed by atoms with Crippen LogP contribution in [0.1, 0.15) is 31.8 Å². The summed E-state index contributed by atoms with van der Waals surface area (Å²) in [4.78, 5) is 38.7. The van der Waals surface area contributed by atoms with Crippen molar-refractivity contribution in [2.45, 2.75) is 13.8 Å². The Morgan fingerprint density at radius 3 is 1.87 bits per heavy atom. The number of para-hydroxylation sites is 1. The maximum atomic E-state index is 13.2. The summed E-state index contributed by atoms with van der Waals surface area (Å²) in [5.74, 6) is -1.18. The number of hydrogen-bond donors (Lipinski definition) is 0. The third-order valence-corrected chi connectivity index (χ3v) is 4.84. The molecule has 154 valence electrons. The minimum atomic E-state index is -0.621. The van der Waals surface area contributed by atoms with Crippen LogP contribution in [-0.4, -0.2) is 21.2 Å².